The molecule has 1 amide bonds. The summed E-state index contributed by atoms with van der Waals surface area (Å²) in [6.45, 7) is 6.18. The number of piperidine rings is 1. The Morgan fingerprint density at radius 3 is 2.32 bits per heavy atom. The van der Waals surface area contributed by atoms with Gasteiger partial charge >= 0.3 is 0 Å². The van der Waals surface area contributed by atoms with Crippen molar-refractivity contribution in [3.05, 3.63) is 48.2 Å². The van der Waals surface area contributed by atoms with Crippen molar-refractivity contribution in [1.29, 1.82) is 0 Å². The number of benzene rings is 1. The predicted octanol–water partition coefficient (Wildman–Crippen LogP) is 2.59. The molecule has 1 N–H and O–H groups in total. The van der Waals surface area contributed by atoms with Gasteiger partial charge < -0.3 is 15.0 Å². The standard InChI is InChI=1S/C22H28N4O4S/c1-17-8-10-26(11-9-17)31(28,29)20-5-2-18(3-6-20)22(27)24-19-4-7-21(23-16-19)25-12-14-30-15-13-25/h2-7,16-17H,8-15H2,1H3,(H,24,27). The Kier molecular flexibility index (Phi) is 6.54. The van der Waals surface area contributed by atoms with Gasteiger partial charge in [0.1, 0.15) is 5.82 Å². The van der Waals surface area contributed by atoms with Gasteiger partial charge in [-0.2, -0.15) is 4.31 Å². The minimum atomic E-state index is -3.52. The number of carbonyl (C=O) groups is 1. The van der Waals surface area contributed by atoms with Crippen molar-refractivity contribution in [2.75, 3.05) is 49.6 Å². The number of ether oxygens (including phenoxy) is 1. The number of sulfonamides is 1. The molecule has 9 heteroatoms. The minimum Gasteiger partial charge on any atom is -0.378 e. The van der Waals surface area contributed by atoms with Crippen LogP contribution in [0.1, 0.15) is 30.1 Å². The van der Waals surface area contributed by atoms with Crippen molar-refractivity contribution in [3.8, 4) is 0 Å². The van der Waals surface area contributed by atoms with Gasteiger partial charge in [0.25, 0.3) is 5.91 Å². The summed E-state index contributed by atoms with van der Waals surface area (Å²) in [5.41, 5.74) is 0.976. The van der Waals surface area contributed by atoms with Crippen LogP contribution in [0.25, 0.3) is 0 Å². The van der Waals surface area contributed by atoms with Crippen molar-refractivity contribution in [3.63, 3.8) is 0 Å². The van der Waals surface area contributed by atoms with E-state index in [1.54, 1.807) is 18.3 Å². The van der Waals surface area contributed by atoms with Gasteiger partial charge in [-0.05, 0) is 55.2 Å². The average molecular weight is 445 g/mol. The van der Waals surface area contributed by atoms with E-state index in [9.17, 15) is 13.2 Å². The van der Waals surface area contributed by atoms with E-state index in [1.807, 2.05) is 12.1 Å². The summed E-state index contributed by atoms with van der Waals surface area (Å²) in [4.78, 5) is 19.4. The topological polar surface area (TPSA) is 91.8 Å². The van der Waals surface area contributed by atoms with Gasteiger partial charge in [0, 0.05) is 31.7 Å². The quantitative estimate of drug-likeness (QED) is 0.762. The molecule has 2 saturated heterocycles. The summed E-state index contributed by atoms with van der Waals surface area (Å²) in [6, 6.07) is 9.78. The molecular formula is C22H28N4O4S. The highest BCUT2D eigenvalue weighted by Crippen LogP contribution is 2.24. The van der Waals surface area contributed by atoms with Crippen LogP contribution in [-0.4, -0.2) is 63.0 Å². The van der Waals surface area contributed by atoms with E-state index in [-0.39, 0.29) is 10.8 Å². The van der Waals surface area contributed by atoms with Crippen LogP contribution in [0.15, 0.2) is 47.5 Å². The molecule has 2 fully saturated rings. The second kappa shape index (κ2) is 9.33. The number of amides is 1. The first-order valence-electron chi connectivity index (χ1n) is 10.6. The molecule has 31 heavy (non-hydrogen) atoms. The van der Waals surface area contributed by atoms with Crippen LogP contribution in [0.4, 0.5) is 11.5 Å². The van der Waals surface area contributed by atoms with Gasteiger partial charge in [0.2, 0.25) is 10.0 Å². The number of aromatic nitrogens is 1. The van der Waals surface area contributed by atoms with Crippen molar-refractivity contribution in [2.24, 2.45) is 5.92 Å². The Balaban J connectivity index is 1.39. The van der Waals surface area contributed by atoms with Crippen LogP contribution in [0.3, 0.4) is 0 Å². The summed E-state index contributed by atoms with van der Waals surface area (Å²) in [6.07, 6.45) is 3.37. The number of pyridine rings is 1. The lowest BCUT2D eigenvalue weighted by molar-refractivity contribution is 0.102. The minimum absolute atomic E-state index is 0.218. The molecule has 8 nitrogen and oxygen atoms in total. The fraction of sp³-hybridized carbons (Fsp3) is 0.455. The van der Waals surface area contributed by atoms with Gasteiger partial charge in [-0.3, -0.25) is 4.79 Å². The number of hydrogen-bond donors (Lipinski definition) is 1. The Labute approximate surface area is 183 Å². The number of nitrogens with zero attached hydrogens (tertiary/aromatic N) is 3. The molecule has 0 atom stereocenters. The molecule has 1 aromatic carbocycles. The molecule has 3 heterocycles. The lowest BCUT2D eigenvalue weighted by atomic mass is 10.0. The third kappa shape index (κ3) is 5.06. The van der Waals surface area contributed by atoms with E-state index >= 15 is 0 Å². The molecule has 2 aliphatic rings. The molecule has 0 aliphatic carbocycles. The molecule has 2 aromatic rings. The average Bonchev–Trinajstić information content (AvgIpc) is 2.80. The summed E-state index contributed by atoms with van der Waals surface area (Å²) in [7, 11) is -3.52. The molecular weight excluding hydrogens is 416 g/mol. The largest absolute Gasteiger partial charge is 0.378 e. The van der Waals surface area contributed by atoms with Crippen LogP contribution in [0.2, 0.25) is 0 Å². The number of hydrogen-bond acceptors (Lipinski definition) is 6. The maximum atomic E-state index is 12.8. The number of morpholine rings is 1. The normalized spacial score (nSPS) is 18.7. The van der Waals surface area contributed by atoms with Gasteiger partial charge in [0.15, 0.2) is 0 Å². The van der Waals surface area contributed by atoms with Gasteiger partial charge in [0.05, 0.1) is 30.0 Å². The molecule has 0 saturated carbocycles. The first-order valence-corrected chi connectivity index (χ1v) is 12.1. The highest BCUT2D eigenvalue weighted by molar-refractivity contribution is 7.89. The number of nitrogens with one attached hydrogen (secondary N) is 1. The molecule has 166 valence electrons. The van der Waals surface area contributed by atoms with Gasteiger partial charge in [-0.1, -0.05) is 6.92 Å². The van der Waals surface area contributed by atoms with E-state index in [2.05, 4.69) is 22.1 Å². The fourth-order valence-electron chi connectivity index (χ4n) is 3.80. The molecule has 4 rings (SSSR count). The summed E-state index contributed by atoms with van der Waals surface area (Å²) < 4.78 is 32.5. The van der Waals surface area contributed by atoms with Crippen molar-refractivity contribution in [2.45, 2.75) is 24.7 Å². The van der Waals surface area contributed by atoms with Crippen LogP contribution < -0.4 is 10.2 Å². The Morgan fingerprint density at radius 2 is 1.71 bits per heavy atom. The van der Waals surface area contributed by atoms with Crippen molar-refractivity contribution < 1.29 is 17.9 Å². The summed E-state index contributed by atoms with van der Waals surface area (Å²) in [5.74, 6) is 1.09. The van der Waals surface area contributed by atoms with E-state index in [0.717, 1.165) is 31.7 Å². The SMILES string of the molecule is CC1CCN(S(=O)(=O)c2ccc(C(=O)Nc3ccc(N4CCOCC4)nc3)cc2)CC1. The molecule has 0 unspecified atom stereocenters. The summed E-state index contributed by atoms with van der Waals surface area (Å²) in [5, 5.41) is 2.81. The molecule has 0 bridgehead atoms. The third-order valence-corrected chi connectivity index (χ3v) is 7.75. The third-order valence-electron chi connectivity index (χ3n) is 5.84. The van der Waals surface area contributed by atoms with Crippen LogP contribution in [0, 0.1) is 5.92 Å². The van der Waals surface area contributed by atoms with E-state index < -0.39 is 10.0 Å². The first-order chi connectivity index (χ1) is 14.9. The fourth-order valence-corrected chi connectivity index (χ4v) is 5.27. The molecule has 2 aliphatic heterocycles. The maximum absolute atomic E-state index is 12.8. The van der Waals surface area contributed by atoms with Crippen LogP contribution >= 0.6 is 0 Å². The zero-order valence-electron chi connectivity index (χ0n) is 17.7. The Morgan fingerprint density at radius 1 is 1.03 bits per heavy atom. The predicted molar refractivity (Wildman–Crippen MR) is 119 cm³/mol. The first kappa shape index (κ1) is 21.7. The lowest BCUT2D eigenvalue weighted by Gasteiger charge is -2.29. The van der Waals surface area contributed by atoms with E-state index in [4.69, 9.17) is 4.74 Å². The Hall–Kier alpha value is -2.49. The van der Waals surface area contributed by atoms with Gasteiger partial charge in [-0.25, -0.2) is 13.4 Å². The monoisotopic (exact) mass is 444 g/mol. The van der Waals surface area contributed by atoms with Crippen molar-refractivity contribution >= 4 is 27.4 Å². The lowest BCUT2D eigenvalue weighted by Crippen LogP contribution is -2.37. The maximum Gasteiger partial charge on any atom is 0.255 e. The van der Waals surface area contributed by atoms with Crippen LogP contribution in [0.5, 0.6) is 0 Å². The zero-order valence-corrected chi connectivity index (χ0v) is 18.5. The second-order valence-electron chi connectivity index (χ2n) is 8.07. The molecule has 0 spiro atoms. The molecule has 0 radical (unpaired) electrons. The second-order valence-corrected chi connectivity index (χ2v) is 10.0. The summed E-state index contributed by atoms with van der Waals surface area (Å²) >= 11 is 0. The zero-order chi connectivity index (χ0) is 21.8. The highest BCUT2D eigenvalue weighted by atomic mass is 32.2. The van der Waals surface area contributed by atoms with Gasteiger partial charge in [-0.15, -0.1) is 0 Å². The van der Waals surface area contributed by atoms with E-state index in [0.29, 0.717) is 43.5 Å². The number of anilines is 2. The van der Waals surface area contributed by atoms with Crippen LogP contribution in [-0.2, 0) is 14.8 Å². The molecule has 1 aromatic heterocycles. The highest BCUT2D eigenvalue weighted by Gasteiger charge is 2.28. The number of rotatable bonds is 5. The number of carbonyl (C=O) groups excluding carboxylic acids is 1. The van der Waals surface area contributed by atoms with E-state index in [1.165, 1.54) is 16.4 Å². The smallest absolute Gasteiger partial charge is 0.255 e. The Bertz CT molecular complexity index is 995. The van der Waals surface area contributed by atoms with Crippen molar-refractivity contribution in [1.82, 2.24) is 9.29 Å².